The number of ketones is 1. The number of aromatic nitrogens is 1. The zero-order valence-corrected chi connectivity index (χ0v) is 14.2. The van der Waals surface area contributed by atoms with Crippen molar-refractivity contribution < 1.29 is 14.3 Å². The van der Waals surface area contributed by atoms with Crippen molar-refractivity contribution in [3.05, 3.63) is 70.9 Å². The molecule has 0 bridgehead atoms. The molecule has 1 aromatic heterocycles. The minimum atomic E-state index is -0.620. The molecule has 0 aliphatic heterocycles. The first kappa shape index (κ1) is 15.9. The number of fused-ring (bicyclic) bond motifs is 1. The van der Waals surface area contributed by atoms with Crippen LogP contribution in [-0.2, 0) is 14.9 Å². The molecule has 126 valence electrons. The summed E-state index contributed by atoms with van der Waals surface area (Å²) in [6.45, 7) is -0.254. The SMILES string of the molecule is O=C(COC(=O)C1(c2ccc(Cl)cc2)CC1)c1c[nH]c2ccccc12. The maximum absolute atomic E-state index is 12.5. The quantitative estimate of drug-likeness (QED) is 0.550. The number of benzene rings is 2. The molecular weight excluding hydrogens is 338 g/mol. The monoisotopic (exact) mass is 353 g/mol. The van der Waals surface area contributed by atoms with Crippen LogP contribution in [0.1, 0.15) is 28.8 Å². The van der Waals surface area contributed by atoms with Crippen LogP contribution in [0.2, 0.25) is 5.02 Å². The van der Waals surface area contributed by atoms with Gasteiger partial charge >= 0.3 is 5.97 Å². The number of H-pyrrole nitrogens is 1. The van der Waals surface area contributed by atoms with Crippen LogP contribution in [0, 0.1) is 0 Å². The summed E-state index contributed by atoms with van der Waals surface area (Å²) in [5, 5.41) is 1.46. The largest absolute Gasteiger partial charge is 0.457 e. The van der Waals surface area contributed by atoms with Gasteiger partial charge in [-0.1, -0.05) is 41.9 Å². The molecule has 0 saturated heterocycles. The van der Waals surface area contributed by atoms with Crippen molar-refractivity contribution in [1.82, 2.24) is 4.98 Å². The molecule has 5 heteroatoms. The number of hydrogen-bond acceptors (Lipinski definition) is 3. The second kappa shape index (κ2) is 6.05. The summed E-state index contributed by atoms with van der Waals surface area (Å²) < 4.78 is 5.35. The summed E-state index contributed by atoms with van der Waals surface area (Å²) in [5.74, 6) is -0.555. The van der Waals surface area contributed by atoms with Gasteiger partial charge in [0.25, 0.3) is 0 Å². The highest BCUT2D eigenvalue weighted by Crippen LogP contribution is 2.49. The fourth-order valence-corrected chi connectivity index (χ4v) is 3.28. The standard InChI is InChI=1S/C20H16ClNO3/c21-14-7-5-13(6-8-14)20(9-10-20)19(24)25-12-18(23)16-11-22-17-4-2-1-3-15(16)17/h1-8,11,22H,9-10,12H2. The molecule has 1 aliphatic carbocycles. The molecule has 2 aromatic carbocycles. The van der Waals surface area contributed by atoms with E-state index in [-0.39, 0.29) is 18.4 Å². The minimum absolute atomic E-state index is 0.210. The van der Waals surface area contributed by atoms with Crippen LogP contribution in [-0.4, -0.2) is 23.3 Å². The van der Waals surface area contributed by atoms with Crippen molar-refractivity contribution >= 4 is 34.3 Å². The lowest BCUT2D eigenvalue weighted by Gasteiger charge is -2.14. The predicted octanol–water partition coefficient (Wildman–Crippen LogP) is 4.28. The minimum Gasteiger partial charge on any atom is -0.457 e. The Morgan fingerprint density at radius 2 is 1.80 bits per heavy atom. The molecule has 4 rings (SSSR count). The molecule has 0 spiro atoms. The van der Waals surface area contributed by atoms with E-state index >= 15 is 0 Å². The highest BCUT2D eigenvalue weighted by molar-refractivity contribution is 6.30. The van der Waals surface area contributed by atoms with Crippen molar-refractivity contribution in [2.24, 2.45) is 0 Å². The number of carbonyl (C=O) groups is 2. The molecule has 1 N–H and O–H groups in total. The van der Waals surface area contributed by atoms with Gasteiger partial charge in [-0.15, -0.1) is 0 Å². The van der Waals surface area contributed by atoms with E-state index in [9.17, 15) is 9.59 Å². The van der Waals surface area contributed by atoms with Gasteiger partial charge < -0.3 is 9.72 Å². The molecule has 3 aromatic rings. The van der Waals surface area contributed by atoms with E-state index in [2.05, 4.69) is 4.98 Å². The van der Waals surface area contributed by atoms with Gasteiger partial charge in [0.1, 0.15) is 0 Å². The third-order valence-electron chi connectivity index (χ3n) is 4.76. The number of nitrogens with one attached hydrogen (secondary N) is 1. The normalized spacial score (nSPS) is 15.1. The van der Waals surface area contributed by atoms with E-state index in [4.69, 9.17) is 16.3 Å². The van der Waals surface area contributed by atoms with E-state index in [1.807, 2.05) is 36.4 Å². The molecule has 0 unspecified atom stereocenters. The summed E-state index contributed by atoms with van der Waals surface area (Å²) in [4.78, 5) is 28.0. The van der Waals surface area contributed by atoms with Gasteiger partial charge in [0, 0.05) is 27.7 Å². The molecule has 0 amide bonds. The molecule has 4 nitrogen and oxygen atoms in total. The van der Waals surface area contributed by atoms with Crippen LogP contribution in [0.5, 0.6) is 0 Å². The number of aromatic amines is 1. The summed E-state index contributed by atoms with van der Waals surface area (Å²) in [6.07, 6.45) is 3.12. The average molecular weight is 354 g/mol. The Labute approximate surface area is 149 Å². The second-order valence-electron chi connectivity index (χ2n) is 6.34. The van der Waals surface area contributed by atoms with Crippen LogP contribution in [0.15, 0.2) is 54.7 Å². The van der Waals surface area contributed by atoms with Crippen LogP contribution >= 0.6 is 11.6 Å². The number of ether oxygens (including phenoxy) is 1. The number of hydrogen-bond donors (Lipinski definition) is 1. The number of halogens is 1. The van der Waals surface area contributed by atoms with E-state index in [0.717, 1.165) is 29.3 Å². The Morgan fingerprint density at radius 1 is 1.08 bits per heavy atom. The van der Waals surface area contributed by atoms with Crippen molar-refractivity contribution in [3.63, 3.8) is 0 Å². The number of para-hydroxylation sites is 1. The fraction of sp³-hybridized carbons (Fsp3) is 0.200. The summed E-state index contributed by atoms with van der Waals surface area (Å²) >= 11 is 5.91. The van der Waals surface area contributed by atoms with Crippen molar-refractivity contribution in [2.75, 3.05) is 6.61 Å². The average Bonchev–Trinajstić information content (AvgIpc) is 3.33. The Morgan fingerprint density at radius 3 is 2.52 bits per heavy atom. The van der Waals surface area contributed by atoms with Gasteiger partial charge in [-0.05, 0) is 36.6 Å². The van der Waals surface area contributed by atoms with E-state index < -0.39 is 5.41 Å². The number of esters is 1. The number of rotatable bonds is 5. The molecule has 1 aliphatic rings. The topological polar surface area (TPSA) is 59.2 Å². The Bertz CT molecular complexity index is 954. The lowest BCUT2D eigenvalue weighted by Crippen LogP contribution is -2.25. The van der Waals surface area contributed by atoms with Gasteiger partial charge in [0.2, 0.25) is 5.78 Å². The van der Waals surface area contributed by atoms with Gasteiger partial charge in [-0.2, -0.15) is 0 Å². The Balaban J connectivity index is 1.47. The first-order valence-corrected chi connectivity index (χ1v) is 8.50. The first-order valence-electron chi connectivity index (χ1n) is 8.13. The lowest BCUT2D eigenvalue weighted by atomic mass is 9.96. The molecule has 0 atom stereocenters. The summed E-state index contributed by atoms with van der Waals surface area (Å²) in [7, 11) is 0. The van der Waals surface area contributed by atoms with Gasteiger partial charge in [0.05, 0.1) is 5.41 Å². The molecule has 0 radical (unpaired) electrons. The molecule has 1 heterocycles. The zero-order valence-electron chi connectivity index (χ0n) is 13.4. The van der Waals surface area contributed by atoms with E-state index in [1.54, 1.807) is 18.3 Å². The lowest BCUT2D eigenvalue weighted by molar-refractivity contribution is -0.145. The summed E-state index contributed by atoms with van der Waals surface area (Å²) in [5.41, 5.74) is 1.70. The maximum atomic E-state index is 12.5. The second-order valence-corrected chi connectivity index (χ2v) is 6.77. The first-order chi connectivity index (χ1) is 12.1. The van der Waals surface area contributed by atoms with Crippen LogP contribution < -0.4 is 0 Å². The number of carbonyl (C=O) groups excluding carboxylic acids is 2. The molecule has 1 fully saturated rings. The third-order valence-corrected chi connectivity index (χ3v) is 5.01. The van der Waals surface area contributed by atoms with Crippen molar-refractivity contribution in [2.45, 2.75) is 18.3 Å². The van der Waals surface area contributed by atoms with Crippen LogP contribution in [0.4, 0.5) is 0 Å². The van der Waals surface area contributed by atoms with Crippen LogP contribution in [0.3, 0.4) is 0 Å². The molecule has 1 saturated carbocycles. The molecule has 25 heavy (non-hydrogen) atoms. The van der Waals surface area contributed by atoms with Crippen molar-refractivity contribution in [3.8, 4) is 0 Å². The fourth-order valence-electron chi connectivity index (χ4n) is 3.15. The van der Waals surface area contributed by atoms with E-state index in [0.29, 0.717) is 10.6 Å². The Kier molecular flexibility index (Phi) is 3.85. The smallest absolute Gasteiger partial charge is 0.317 e. The summed E-state index contributed by atoms with van der Waals surface area (Å²) in [6, 6.07) is 14.8. The third kappa shape index (κ3) is 2.83. The van der Waals surface area contributed by atoms with Crippen molar-refractivity contribution in [1.29, 1.82) is 0 Å². The van der Waals surface area contributed by atoms with E-state index in [1.165, 1.54) is 0 Å². The number of Topliss-reactive ketones (excluding diaryl/α,β-unsaturated/α-hetero) is 1. The van der Waals surface area contributed by atoms with Crippen LogP contribution in [0.25, 0.3) is 10.9 Å². The zero-order chi connectivity index (χ0) is 17.4. The van der Waals surface area contributed by atoms with Gasteiger partial charge in [-0.25, -0.2) is 0 Å². The van der Waals surface area contributed by atoms with Gasteiger partial charge in [-0.3, -0.25) is 9.59 Å². The van der Waals surface area contributed by atoms with Gasteiger partial charge in [0.15, 0.2) is 6.61 Å². The highest BCUT2D eigenvalue weighted by atomic mass is 35.5. The predicted molar refractivity (Wildman–Crippen MR) is 96.0 cm³/mol. The molecular formula is C20H16ClNO3. The Hall–Kier alpha value is -2.59. The highest BCUT2D eigenvalue weighted by Gasteiger charge is 2.52. The maximum Gasteiger partial charge on any atom is 0.317 e.